The lowest BCUT2D eigenvalue weighted by molar-refractivity contribution is 0.104. The maximum atomic E-state index is 12.7. The Bertz CT molecular complexity index is 1230. The molecule has 1 aromatic heterocycles. The van der Waals surface area contributed by atoms with Gasteiger partial charge in [0.1, 0.15) is 0 Å². The summed E-state index contributed by atoms with van der Waals surface area (Å²) in [4.78, 5) is 12.7. The first-order chi connectivity index (χ1) is 14.5. The van der Waals surface area contributed by atoms with Gasteiger partial charge in [-0.05, 0) is 54.6 Å². The summed E-state index contributed by atoms with van der Waals surface area (Å²) in [5, 5.41) is 5.57. The van der Waals surface area contributed by atoms with E-state index in [-0.39, 0.29) is 5.78 Å². The zero-order chi connectivity index (χ0) is 21.1. The van der Waals surface area contributed by atoms with Crippen LogP contribution in [0.1, 0.15) is 15.9 Å². The molecule has 0 saturated heterocycles. The van der Waals surface area contributed by atoms with E-state index >= 15 is 0 Å². The van der Waals surface area contributed by atoms with Crippen molar-refractivity contribution in [1.29, 1.82) is 0 Å². The molecule has 0 aliphatic heterocycles. The summed E-state index contributed by atoms with van der Waals surface area (Å²) < 4.78 is 2.79. The molecule has 0 unspecified atom stereocenters. The van der Waals surface area contributed by atoms with Crippen molar-refractivity contribution in [2.75, 3.05) is 0 Å². The number of halogens is 3. The Balaban J connectivity index is 1.73. The molecule has 0 saturated carbocycles. The summed E-state index contributed by atoms with van der Waals surface area (Å²) in [5.74, 6) is -0.203. The van der Waals surface area contributed by atoms with Gasteiger partial charge < -0.3 is 0 Å². The molecule has 0 atom stereocenters. The van der Waals surface area contributed by atoms with Crippen molar-refractivity contribution in [3.8, 4) is 16.9 Å². The molecule has 0 amide bonds. The molecule has 6 heteroatoms. The van der Waals surface area contributed by atoms with Crippen LogP contribution in [0.15, 0.2) is 89.5 Å². The Morgan fingerprint density at radius 3 is 2.40 bits per heavy atom. The van der Waals surface area contributed by atoms with E-state index in [2.05, 4.69) is 15.9 Å². The van der Waals surface area contributed by atoms with Crippen LogP contribution in [0.4, 0.5) is 0 Å². The third-order valence-corrected chi connectivity index (χ3v) is 5.57. The summed E-state index contributed by atoms with van der Waals surface area (Å²) in [6.07, 6.45) is 5.17. The smallest absolute Gasteiger partial charge is 0.187 e. The Morgan fingerprint density at radius 2 is 1.70 bits per heavy atom. The van der Waals surface area contributed by atoms with E-state index in [4.69, 9.17) is 28.3 Å². The van der Waals surface area contributed by atoms with Crippen LogP contribution in [0.5, 0.6) is 0 Å². The highest BCUT2D eigenvalue weighted by atomic mass is 79.9. The minimum Gasteiger partial charge on any atom is -0.289 e. The summed E-state index contributed by atoms with van der Waals surface area (Å²) in [7, 11) is 0. The maximum absolute atomic E-state index is 12.7. The molecule has 148 valence electrons. The average Bonchev–Trinajstić information content (AvgIpc) is 3.17. The molecule has 0 fully saturated rings. The SMILES string of the molecule is O=C(C=Cc1cn(-c2ccccc2)nc1-c1ccc(Br)cc1)c1ccc(Cl)cc1Cl. The normalized spacial score (nSPS) is 11.2. The number of aromatic nitrogens is 2. The average molecular weight is 498 g/mol. The van der Waals surface area contributed by atoms with Crippen molar-refractivity contribution < 1.29 is 4.79 Å². The summed E-state index contributed by atoms with van der Waals surface area (Å²) in [5.41, 5.74) is 3.88. The molecule has 3 nitrogen and oxygen atoms in total. The second-order valence-corrected chi connectivity index (χ2v) is 8.30. The number of ketones is 1. The molecule has 0 aliphatic carbocycles. The van der Waals surface area contributed by atoms with Crippen molar-refractivity contribution >= 4 is 51.0 Å². The standard InChI is InChI=1S/C24H15BrCl2N2O/c25-18-9-6-16(7-10-18)24-17(15-29(28-24)20-4-2-1-3-5-20)8-13-23(30)21-12-11-19(26)14-22(21)27/h1-15H. The number of benzene rings is 3. The van der Waals surface area contributed by atoms with Crippen LogP contribution in [0.25, 0.3) is 23.0 Å². The first-order valence-corrected chi connectivity index (χ1v) is 10.6. The first kappa shape index (κ1) is 20.6. The highest BCUT2D eigenvalue weighted by Crippen LogP contribution is 2.27. The van der Waals surface area contributed by atoms with E-state index in [1.165, 1.54) is 6.08 Å². The number of hydrogen-bond donors (Lipinski definition) is 0. The zero-order valence-corrected chi connectivity index (χ0v) is 18.7. The van der Waals surface area contributed by atoms with Crippen LogP contribution in [0.2, 0.25) is 10.0 Å². The van der Waals surface area contributed by atoms with Crippen LogP contribution in [0, 0.1) is 0 Å². The first-order valence-electron chi connectivity index (χ1n) is 9.10. The van der Waals surface area contributed by atoms with Gasteiger partial charge in [0.2, 0.25) is 0 Å². The monoisotopic (exact) mass is 496 g/mol. The van der Waals surface area contributed by atoms with Crippen molar-refractivity contribution in [3.63, 3.8) is 0 Å². The lowest BCUT2D eigenvalue weighted by atomic mass is 10.1. The van der Waals surface area contributed by atoms with E-state index in [0.29, 0.717) is 15.6 Å². The third kappa shape index (κ3) is 4.57. The molecule has 30 heavy (non-hydrogen) atoms. The molecule has 0 N–H and O–H groups in total. The Morgan fingerprint density at radius 1 is 0.967 bits per heavy atom. The van der Waals surface area contributed by atoms with Crippen LogP contribution in [-0.4, -0.2) is 15.6 Å². The van der Waals surface area contributed by atoms with Crippen LogP contribution >= 0.6 is 39.1 Å². The van der Waals surface area contributed by atoms with Gasteiger partial charge in [0.25, 0.3) is 0 Å². The number of rotatable bonds is 5. The fourth-order valence-electron chi connectivity index (χ4n) is 3.00. The van der Waals surface area contributed by atoms with Gasteiger partial charge in [-0.1, -0.05) is 69.5 Å². The van der Waals surface area contributed by atoms with E-state index < -0.39 is 0 Å². The summed E-state index contributed by atoms with van der Waals surface area (Å²) in [6.45, 7) is 0. The van der Waals surface area contributed by atoms with Crippen LogP contribution in [0.3, 0.4) is 0 Å². The maximum Gasteiger partial charge on any atom is 0.187 e. The molecular weight excluding hydrogens is 483 g/mol. The number of nitrogens with zero attached hydrogens (tertiary/aromatic N) is 2. The van der Waals surface area contributed by atoms with Gasteiger partial charge in [-0.2, -0.15) is 5.10 Å². The minimum atomic E-state index is -0.203. The molecule has 0 aliphatic rings. The minimum absolute atomic E-state index is 0.203. The molecule has 4 aromatic rings. The third-order valence-electron chi connectivity index (χ3n) is 4.49. The fraction of sp³-hybridized carbons (Fsp3) is 0. The van der Waals surface area contributed by atoms with Crippen molar-refractivity contribution in [1.82, 2.24) is 9.78 Å². The van der Waals surface area contributed by atoms with Gasteiger partial charge in [0, 0.05) is 32.4 Å². The summed E-state index contributed by atoms with van der Waals surface area (Å²) >= 11 is 15.6. The molecule has 0 radical (unpaired) electrons. The number of carbonyl (C=O) groups is 1. The molecule has 3 aromatic carbocycles. The van der Waals surface area contributed by atoms with E-state index in [1.54, 1.807) is 29.0 Å². The number of carbonyl (C=O) groups excluding carboxylic acids is 1. The second-order valence-electron chi connectivity index (χ2n) is 6.54. The van der Waals surface area contributed by atoms with Crippen LogP contribution in [-0.2, 0) is 0 Å². The van der Waals surface area contributed by atoms with E-state index in [9.17, 15) is 4.79 Å². The predicted octanol–water partition coefficient (Wildman–Crippen LogP) is 7.50. The van der Waals surface area contributed by atoms with Crippen LogP contribution < -0.4 is 0 Å². The van der Waals surface area contributed by atoms with E-state index in [0.717, 1.165) is 27.0 Å². The second kappa shape index (κ2) is 9.00. The number of para-hydroxylation sites is 1. The quantitative estimate of drug-likeness (QED) is 0.211. The fourth-order valence-corrected chi connectivity index (χ4v) is 3.76. The van der Waals surface area contributed by atoms with Gasteiger partial charge in [-0.3, -0.25) is 4.79 Å². The summed E-state index contributed by atoms with van der Waals surface area (Å²) in [6, 6.07) is 22.5. The molecule has 0 spiro atoms. The predicted molar refractivity (Wildman–Crippen MR) is 127 cm³/mol. The lowest BCUT2D eigenvalue weighted by Gasteiger charge is -2.01. The van der Waals surface area contributed by atoms with Crippen molar-refractivity contribution in [2.45, 2.75) is 0 Å². The zero-order valence-electron chi connectivity index (χ0n) is 15.6. The van der Waals surface area contributed by atoms with Gasteiger partial charge in [0.15, 0.2) is 5.78 Å². The lowest BCUT2D eigenvalue weighted by Crippen LogP contribution is -1.95. The van der Waals surface area contributed by atoms with Crippen molar-refractivity contribution in [2.24, 2.45) is 0 Å². The van der Waals surface area contributed by atoms with Crippen molar-refractivity contribution in [3.05, 3.63) is 111 Å². The van der Waals surface area contributed by atoms with Gasteiger partial charge in [0.05, 0.1) is 16.4 Å². The molecule has 1 heterocycles. The Hall–Kier alpha value is -2.66. The largest absolute Gasteiger partial charge is 0.289 e. The van der Waals surface area contributed by atoms with Gasteiger partial charge in [-0.25, -0.2) is 4.68 Å². The Labute approximate surface area is 192 Å². The molecule has 0 bridgehead atoms. The highest BCUT2D eigenvalue weighted by molar-refractivity contribution is 9.10. The molecular formula is C24H15BrCl2N2O. The number of hydrogen-bond acceptors (Lipinski definition) is 2. The molecule has 4 rings (SSSR count). The number of allylic oxidation sites excluding steroid dienone is 1. The van der Waals surface area contributed by atoms with E-state index in [1.807, 2.05) is 60.8 Å². The Kier molecular flexibility index (Phi) is 6.18. The van der Waals surface area contributed by atoms with Gasteiger partial charge >= 0.3 is 0 Å². The van der Waals surface area contributed by atoms with Gasteiger partial charge in [-0.15, -0.1) is 0 Å². The highest BCUT2D eigenvalue weighted by Gasteiger charge is 2.12. The topological polar surface area (TPSA) is 34.9 Å².